The summed E-state index contributed by atoms with van der Waals surface area (Å²) in [6.45, 7) is 1.59. The second-order valence-corrected chi connectivity index (χ2v) is 5.11. The Balaban J connectivity index is 2.68. The third kappa shape index (κ3) is 6.06. The first-order valence-electron chi connectivity index (χ1n) is 7.06. The summed E-state index contributed by atoms with van der Waals surface area (Å²) in [7, 11) is 2.45. The minimum atomic E-state index is -0.956. The molecule has 7 heteroatoms. The summed E-state index contributed by atoms with van der Waals surface area (Å²) >= 11 is 0. The number of rotatable bonds is 7. The van der Waals surface area contributed by atoms with Gasteiger partial charge in [0, 0.05) is 0 Å². The molecule has 1 rings (SSSR count). The van der Waals surface area contributed by atoms with Crippen LogP contribution in [0.4, 0.5) is 4.39 Å². The van der Waals surface area contributed by atoms with E-state index in [2.05, 4.69) is 14.8 Å². The standard InChI is InChI=1S/C16H20FNO5/c1-10(15(20)22-2)8-13(16(21)23-3)18-14(19)9-11-4-6-12(17)7-5-11/h4-7,10,13H,8-9H2,1-3H3,(H,18,19)/t10-,13+/m0/s1. The fraction of sp³-hybridized carbons (Fsp3) is 0.438. The SMILES string of the molecule is COC(=O)[C@@H](C)C[C@@H](NC(=O)Cc1ccc(F)cc1)C(=O)OC. The number of methoxy groups -OCH3 is 2. The molecule has 0 heterocycles. The van der Waals surface area contributed by atoms with Gasteiger partial charge in [-0.05, 0) is 24.1 Å². The molecule has 6 nitrogen and oxygen atoms in total. The van der Waals surface area contributed by atoms with Crippen molar-refractivity contribution in [3.05, 3.63) is 35.6 Å². The van der Waals surface area contributed by atoms with Gasteiger partial charge in [-0.15, -0.1) is 0 Å². The monoisotopic (exact) mass is 325 g/mol. The van der Waals surface area contributed by atoms with Crippen molar-refractivity contribution in [2.24, 2.45) is 5.92 Å². The molecule has 1 N–H and O–H groups in total. The maximum absolute atomic E-state index is 12.8. The van der Waals surface area contributed by atoms with Gasteiger partial charge in [0.05, 0.1) is 26.6 Å². The highest BCUT2D eigenvalue weighted by molar-refractivity contribution is 5.86. The highest BCUT2D eigenvalue weighted by atomic mass is 19.1. The minimum Gasteiger partial charge on any atom is -0.469 e. The molecule has 0 spiro atoms. The van der Waals surface area contributed by atoms with E-state index in [4.69, 9.17) is 0 Å². The third-order valence-corrected chi connectivity index (χ3v) is 3.29. The predicted molar refractivity (Wildman–Crippen MR) is 79.8 cm³/mol. The normalized spacial score (nSPS) is 12.9. The number of nitrogens with one attached hydrogen (secondary N) is 1. The quantitative estimate of drug-likeness (QED) is 0.763. The summed E-state index contributed by atoms with van der Waals surface area (Å²) in [5.41, 5.74) is 0.605. The van der Waals surface area contributed by atoms with Crippen LogP contribution < -0.4 is 5.32 Å². The molecule has 0 aromatic heterocycles. The number of hydrogen-bond acceptors (Lipinski definition) is 5. The van der Waals surface area contributed by atoms with Gasteiger partial charge in [-0.1, -0.05) is 19.1 Å². The van der Waals surface area contributed by atoms with E-state index in [-0.39, 0.29) is 12.8 Å². The summed E-state index contributed by atoms with van der Waals surface area (Å²) in [5, 5.41) is 2.53. The molecule has 2 atom stereocenters. The zero-order valence-corrected chi connectivity index (χ0v) is 13.3. The van der Waals surface area contributed by atoms with E-state index < -0.39 is 35.6 Å². The lowest BCUT2D eigenvalue weighted by molar-refractivity contribution is -0.148. The summed E-state index contributed by atoms with van der Waals surface area (Å²) in [4.78, 5) is 35.2. The van der Waals surface area contributed by atoms with Crippen LogP contribution in [-0.4, -0.2) is 38.1 Å². The van der Waals surface area contributed by atoms with Gasteiger partial charge in [0.25, 0.3) is 0 Å². The van der Waals surface area contributed by atoms with Crippen LogP contribution >= 0.6 is 0 Å². The number of benzene rings is 1. The maximum Gasteiger partial charge on any atom is 0.328 e. The summed E-state index contributed by atoms with van der Waals surface area (Å²) in [5.74, 6) is -2.52. The molecular weight excluding hydrogens is 305 g/mol. The Morgan fingerprint density at radius 2 is 1.65 bits per heavy atom. The van der Waals surface area contributed by atoms with Gasteiger partial charge in [-0.3, -0.25) is 9.59 Å². The van der Waals surface area contributed by atoms with Crippen molar-refractivity contribution < 1.29 is 28.2 Å². The first-order valence-corrected chi connectivity index (χ1v) is 7.06. The van der Waals surface area contributed by atoms with Crippen LogP contribution in [0.3, 0.4) is 0 Å². The first kappa shape index (κ1) is 18.6. The largest absolute Gasteiger partial charge is 0.469 e. The fourth-order valence-corrected chi connectivity index (χ4v) is 2.04. The number of halogens is 1. The lowest BCUT2D eigenvalue weighted by Gasteiger charge is -2.19. The topological polar surface area (TPSA) is 81.7 Å². The molecule has 0 radical (unpaired) electrons. The van der Waals surface area contributed by atoms with Crippen molar-refractivity contribution in [1.29, 1.82) is 0 Å². The number of carbonyl (C=O) groups excluding carboxylic acids is 3. The number of esters is 2. The van der Waals surface area contributed by atoms with Crippen molar-refractivity contribution in [2.75, 3.05) is 14.2 Å². The third-order valence-electron chi connectivity index (χ3n) is 3.29. The van der Waals surface area contributed by atoms with Crippen LogP contribution in [0.1, 0.15) is 18.9 Å². The maximum atomic E-state index is 12.8. The Kier molecular flexibility index (Phi) is 7.18. The summed E-state index contributed by atoms with van der Waals surface area (Å²) in [6, 6.07) is 4.51. The molecule has 1 aromatic carbocycles. The number of carbonyl (C=O) groups is 3. The van der Waals surface area contributed by atoms with Gasteiger partial charge in [0.1, 0.15) is 11.9 Å². The average Bonchev–Trinajstić information content (AvgIpc) is 2.54. The van der Waals surface area contributed by atoms with E-state index in [9.17, 15) is 18.8 Å². The van der Waals surface area contributed by atoms with E-state index in [1.54, 1.807) is 6.92 Å². The first-order chi connectivity index (χ1) is 10.9. The van der Waals surface area contributed by atoms with Gasteiger partial charge in [-0.25, -0.2) is 9.18 Å². The Morgan fingerprint density at radius 1 is 1.09 bits per heavy atom. The van der Waals surface area contributed by atoms with Crippen LogP contribution in [0, 0.1) is 11.7 Å². The molecule has 0 saturated carbocycles. The number of amides is 1. The second-order valence-electron chi connectivity index (χ2n) is 5.11. The predicted octanol–water partition coefficient (Wildman–Crippen LogP) is 1.23. The summed E-state index contributed by atoms with van der Waals surface area (Å²) < 4.78 is 22.1. The molecular formula is C16H20FNO5. The molecule has 0 saturated heterocycles. The van der Waals surface area contributed by atoms with Gasteiger partial charge in [0.15, 0.2) is 0 Å². The van der Waals surface area contributed by atoms with Crippen LogP contribution in [-0.2, 0) is 30.3 Å². The number of hydrogen-bond donors (Lipinski definition) is 1. The van der Waals surface area contributed by atoms with E-state index >= 15 is 0 Å². The van der Waals surface area contributed by atoms with Crippen molar-refractivity contribution >= 4 is 17.8 Å². The zero-order valence-electron chi connectivity index (χ0n) is 13.3. The molecule has 1 amide bonds. The van der Waals surface area contributed by atoms with Gasteiger partial charge >= 0.3 is 11.9 Å². The Hall–Kier alpha value is -2.44. The minimum absolute atomic E-state index is 0.0135. The zero-order chi connectivity index (χ0) is 17.4. The lowest BCUT2D eigenvalue weighted by Crippen LogP contribution is -2.44. The van der Waals surface area contributed by atoms with E-state index in [1.165, 1.54) is 38.5 Å². The molecule has 0 aliphatic carbocycles. The molecule has 0 fully saturated rings. The van der Waals surface area contributed by atoms with Crippen LogP contribution in [0.25, 0.3) is 0 Å². The molecule has 0 bridgehead atoms. The molecule has 0 aliphatic heterocycles. The molecule has 126 valence electrons. The van der Waals surface area contributed by atoms with Crippen molar-refractivity contribution in [3.8, 4) is 0 Å². The molecule has 23 heavy (non-hydrogen) atoms. The van der Waals surface area contributed by atoms with Crippen molar-refractivity contribution in [3.63, 3.8) is 0 Å². The highest BCUT2D eigenvalue weighted by Gasteiger charge is 2.27. The molecule has 1 aromatic rings. The highest BCUT2D eigenvalue weighted by Crippen LogP contribution is 2.10. The van der Waals surface area contributed by atoms with Crippen LogP contribution in [0.2, 0.25) is 0 Å². The number of ether oxygens (including phenoxy) is 2. The van der Waals surface area contributed by atoms with Gasteiger partial charge in [0.2, 0.25) is 5.91 Å². The van der Waals surface area contributed by atoms with Gasteiger partial charge in [-0.2, -0.15) is 0 Å². The lowest BCUT2D eigenvalue weighted by atomic mass is 10.0. The Bertz CT molecular complexity index is 558. The van der Waals surface area contributed by atoms with E-state index in [0.29, 0.717) is 5.56 Å². The molecule has 0 aliphatic rings. The Morgan fingerprint density at radius 3 is 2.17 bits per heavy atom. The molecule has 0 unspecified atom stereocenters. The van der Waals surface area contributed by atoms with Crippen molar-refractivity contribution in [2.45, 2.75) is 25.8 Å². The smallest absolute Gasteiger partial charge is 0.328 e. The van der Waals surface area contributed by atoms with Crippen molar-refractivity contribution in [1.82, 2.24) is 5.32 Å². The fourth-order valence-electron chi connectivity index (χ4n) is 2.04. The van der Waals surface area contributed by atoms with Crippen LogP contribution in [0.5, 0.6) is 0 Å². The second kappa shape index (κ2) is 8.87. The average molecular weight is 325 g/mol. The van der Waals surface area contributed by atoms with Gasteiger partial charge < -0.3 is 14.8 Å². The van der Waals surface area contributed by atoms with E-state index in [0.717, 1.165) is 0 Å². The van der Waals surface area contributed by atoms with Crippen LogP contribution in [0.15, 0.2) is 24.3 Å². The Labute approximate surface area is 134 Å². The summed E-state index contributed by atoms with van der Waals surface area (Å²) in [6.07, 6.45) is 0.0505. The van der Waals surface area contributed by atoms with E-state index in [1.807, 2.05) is 0 Å².